The lowest BCUT2D eigenvalue weighted by atomic mass is 10.2. The van der Waals surface area contributed by atoms with E-state index in [1.165, 1.54) is 0 Å². The molecule has 2 aromatic rings. The second kappa shape index (κ2) is 5.24. The standard InChI is InChI=1S/C13H16FN3O2/c1-18-16-9-5-6-11-10(8-9)13(14)15-17(11)12-4-2-3-7-19-12/h5-6,8,12,16H,2-4,7H2,1H3/p+1. The van der Waals surface area contributed by atoms with Crippen LogP contribution in [0.1, 0.15) is 25.5 Å². The molecule has 0 aliphatic carbocycles. The summed E-state index contributed by atoms with van der Waals surface area (Å²) in [5.74, 6) is -0.462. The first kappa shape index (κ1) is 12.5. The van der Waals surface area contributed by atoms with Gasteiger partial charge in [-0.15, -0.1) is 5.10 Å². The van der Waals surface area contributed by atoms with E-state index in [9.17, 15) is 4.39 Å². The minimum Gasteiger partial charge on any atom is -0.356 e. The summed E-state index contributed by atoms with van der Waals surface area (Å²) >= 11 is 0. The van der Waals surface area contributed by atoms with Crippen LogP contribution in [0.3, 0.4) is 0 Å². The Labute approximate surface area is 110 Å². The number of ether oxygens (including phenoxy) is 1. The highest BCUT2D eigenvalue weighted by Crippen LogP contribution is 2.28. The smallest absolute Gasteiger partial charge is 0.240 e. The summed E-state index contributed by atoms with van der Waals surface area (Å²) in [5, 5.41) is 4.48. The van der Waals surface area contributed by atoms with E-state index in [1.54, 1.807) is 23.3 Å². The third kappa shape index (κ3) is 2.34. The number of aromatic nitrogens is 2. The Balaban J connectivity index is 2.01. The topological polar surface area (TPSA) is 52.9 Å². The molecule has 1 aromatic heterocycles. The molecule has 1 aliphatic heterocycles. The van der Waals surface area contributed by atoms with Gasteiger partial charge in [-0.2, -0.15) is 9.87 Å². The van der Waals surface area contributed by atoms with Gasteiger partial charge in [0.25, 0.3) is 0 Å². The van der Waals surface area contributed by atoms with Gasteiger partial charge >= 0.3 is 0 Å². The first-order chi connectivity index (χ1) is 9.29. The van der Waals surface area contributed by atoms with E-state index in [0.29, 0.717) is 12.0 Å². The van der Waals surface area contributed by atoms with Crippen LogP contribution in [0.2, 0.25) is 0 Å². The molecule has 0 saturated carbocycles. The van der Waals surface area contributed by atoms with Gasteiger partial charge in [0.05, 0.1) is 18.0 Å². The number of nitrogens with zero attached hydrogens (tertiary/aromatic N) is 2. The molecule has 2 heterocycles. The van der Waals surface area contributed by atoms with E-state index < -0.39 is 5.95 Å². The van der Waals surface area contributed by atoms with Crippen LogP contribution in [0.25, 0.3) is 10.9 Å². The van der Waals surface area contributed by atoms with Crippen molar-refractivity contribution in [3.63, 3.8) is 0 Å². The molecule has 0 amide bonds. The maximum absolute atomic E-state index is 13.9. The van der Waals surface area contributed by atoms with E-state index >= 15 is 0 Å². The first-order valence-corrected chi connectivity index (χ1v) is 6.45. The Morgan fingerprint density at radius 3 is 3.11 bits per heavy atom. The fraction of sp³-hybridized carbons (Fsp3) is 0.462. The number of benzene rings is 1. The van der Waals surface area contributed by atoms with Crippen molar-refractivity contribution in [2.24, 2.45) is 0 Å². The molecule has 3 rings (SSSR count). The van der Waals surface area contributed by atoms with Gasteiger partial charge in [-0.25, -0.2) is 9.52 Å². The highest BCUT2D eigenvalue weighted by Gasteiger charge is 2.21. The number of hydrogen-bond donors (Lipinski definition) is 1. The molecule has 0 spiro atoms. The summed E-state index contributed by atoms with van der Waals surface area (Å²) in [6.07, 6.45) is 2.87. The normalized spacial score (nSPS) is 20.0. The van der Waals surface area contributed by atoms with Crippen molar-refractivity contribution in [2.45, 2.75) is 25.5 Å². The highest BCUT2D eigenvalue weighted by molar-refractivity contribution is 5.81. The average molecular weight is 266 g/mol. The van der Waals surface area contributed by atoms with Crippen LogP contribution >= 0.6 is 0 Å². The third-order valence-electron chi connectivity index (χ3n) is 3.37. The number of quaternary nitrogens is 1. The summed E-state index contributed by atoms with van der Waals surface area (Å²) in [7, 11) is 1.57. The van der Waals surface area contributed by atoms with Crippen molar-refractivity contribution in [1.29, 1.82) is 0 Å². The zero-order valence-electron chi connectivity index (χ0n) is 10.8. The molecule has 6 heteroatoms. The lowest BCUT2D eigenvalue weighted by molar-refractivity contribution is -0.830. The van der Waals surface area contributed by atoms with Crippen molar-refractivity contribution in [1.82, 2.24) is 9.78 Å². The molecule has 1 aliphatic rings. The largest absolute Gasteiger partial charge is 0.356 e. The second-order valence-electron chi connectivity index (χ2n) is 4.69. The van der Waals surface area contributed by atoms with Crippen LogP contribution in [0.5, 0.6) is 0 Å². The maximum atomic E-state index is 13.9. The summed E-state index contributed by atoms with van der Waals surface area (Å²) in [5.41, 5.74) is 3.16. The number of fused-ring (bicyclic) bond motifs is 1. The van der Waals surface area contributed by atoms with Crippen molar-refractivity contribution >= 4 is 16.6 Å². The quantitative estimate of drug-likeness (QED) is 0.678. The summed E-state index contributed by atoms with van der Waals surface area (Å²) in [6.45, 7) is 0.711. The summed E-state index contributed by atoms with van der Waals surface area (Å²) < 4.78 is 21.3. The Hall–Kier alpha value is -1.50. The number of rotatable bonds is 3. The molecular weight excluding hydrogens is 249 g/mol. The predicted molar refractivity (Wildman–Crippen MR) is 67.1 cm³/mol. The van der Waals surface area contributed by atoms with Crippen LogP contribution in [0.4, 0.5) is 10.1 Å². The Morgan fingerprint density at radius 2 is 2.37 bits per heavy atom. The van der Waals surface area contributed by atoms with Gasteiger partial charge < -0.3 is 4.74 Å². The van der Waals surface area contributed by atoms with Gasteiger partial charge in [0, 0.05) is 18.7 Å². The van der Waals surface area contributed by atoms with Crippen molar-refractivity contribution in [3.05, 3.63) is 24.1 Å². The fourth-order valence-electron chi connectivity index (χ4n) is 2.47. The zero-order valence-corrected chi connectivity index (χ0v) is 10.8. The van der Waals surface area contributed by atoms with E-state index in [-0.39, 0.29) is 6.23 Å². The summed E-state index contributed by atoms with van der Waals surface area (Å²) in [6, 6.07) is 5.47. The van der Waals surface area contributed by atoms with Crippen molar-refractivity contribution in [3.8, 4) is 0 Å². The predicted octanol–water partition coefficient (Wildman–Crippen LogP) is 1.63. The average Bonchev–Trinajstić information content (AvgIpc) is 2.78. The van der Waals surface area contributed by atoms with Gasteiger partial charge in [0.15, 0.2) is 11.9 Å². The van der Waals surface area contributed by atoms with E-state index in [4.69, 9.17) is 9.57 Å². The zero-order chi connectivity index (χ0) is 13.2. The highest BCUT2D eigenvalue weighted by atomic mass is 19.1. The van der Waals surface area contributed by atoms with Crippen molar-refractivity contribution < 1.29 is 19.4 Å². The van der Waals surface area contributed by atoms with E-state index in [0.717, 1.165) is 30.5 Å². The molecule has 0 radical (unpaired) electrons. The maximum Gasteiger partial charge on any atom is 0.240 e. The molecule has 1 unspecified atom stereocenters. The van der Waals surface area contributed by atoms with Gasteiger partial charge in [-0.1, -0.05) is 0 Å². The van der Waals surface area contributed by atoms with Crippen LogP contribution in [-0.2, 0) is 9.57 Å². The first-order valence-electron chi connectivity index (χ1n) is 6.45. The molecule has 1 fully saturated rings. The van der Waals surface area contributed by atoms with Gasteiger partial charge in [-0.05, 0) is 25.3 Å². The number of nitrogens with two attached hydrogens (primary N) is 1. The lowest BCUT2D eigenvalue weighted by Crippen LogP contribution is -2.75. The molecule has 102 valence electrons. The Kier molecular flexibility index (Phi) is 3.46. The fourth-order valence-corrected chi connectivity index (χ4v) is 2.47. The van der Waals surface area contributed by atoms with Gasteiger partial charge in [0.2, 0.25) is 5.95 Å². The molecular formula is C13H17FN3O2+. The Bertz CT molecular complexity index is 579. The second-order valence-corrected chi connectivity index (χ2v) is 4.69. The van der Waals surface area contributed by atoms with Crippen LogP contribution in [-0.4, -0.2) is 23.5 Å². The van der Waals surface area contributed by atoms with E-state index in [1.807, 2.05) is 12.1 Å². The van der Waals surface area contributed by atoms with E-state index in [2.05, 4.69) is 5.10 Å². The van der Waals surface area contributed by atoms with Crippen LogP contribution in [0, 0.1) is 5.95 Å². The molecule has 5 nitrogen and oxygen atoms in total. The Morgan fingerprint density at radius 1 is 1.47 bits per heavy atom. The minimum absolute atomic E-state index is 0.155. The molecule has 1 saturated heterocycles. The number of halogens is 1. The molecule has 1 atom stereocenters. The van der Waals surface area contributed by atoms with Gasteiger partial charge in [-0.3, -0.25) is 0 Å². The molecule has 2 N–H and O–H groups in total. The minimum atomic E-state index is -0.462. The monoisotopic (exact) mass is 266 g/mol. The molecule has 1 aromatic carbocycles. The van der Waals surface area contributed by atoms with Gasteiger partial charge in [0.1, 0.15) is 0 Å². The number of hydrogen-bond acceptors (Lipinski definition) is 3. The molecule has 19 heavy (non-hydrogen) atoms. The van der Waals surface area contributed by atoms with Crippen molar-refractivity contribution in [2.75, 3.05) is 13.7 Å². The lowest BCUT2D eigenvalue weighted by Gasteiger charge is -2.23. The third-order valence-corrected chi connectivity index (χ3v) is 3.37. The molecule has 0 bridgehead atoms. The SMILES string of the molecule is CO[NH2+]c1ccc2c(c1)c(F)nn2C1CCCCO1. The van der Waals surface area contributed by atoms with Crippen LogP contribution < -0.4 is 5.48 Å². The van der Waals surface area contributed by atoms with Crippen LogP contribution in [0.15, 0.2) is 18.2 Å². The summed E-state index contributed by atoms with van der Waals surface area (Å²) in [4.78, 5) is 4.94.